The topological polar surface area (TPSA) is 108 Å². The number of rotatable bonds is 9. The van der Waals surface area contributed by atoms with Gasteiger partial charge in [0.2, 0.25) is 10.0 Å². The lowest BCUT2D eigenvalue weighted by Crippen LogP contribution is -2.41. The average molecular weight is 296 g/mol. The zero-order valence-corrected chi connectivity index (χ0v) is 12.7. The first-order valence-electron chi connectivity index (χ1n) is 6.15. The third-order valence-electron chi connectivity index (χ3n) is 2.38. The van der Waals surface area contributed by atoms with Crippen LogP contribution in [0.3, 0.4) is 0 Å². The summed E-state index contributed by atoms with van der Waals surface area (Å²) in [5.41, 5.74) is 5.64. The molecule has 8 heteroatoms. The van der Waals surface area contributed by atoms with Crippen molar-refractivity contribution in [3.8, 4) is 0 Å². The summed E-state index contributed by atoms with van der Waals surface area (Å²) in [5, 5.41) is 0. The minimum Gasteiger partial charge on any atom is -0.462 e. The first kappa shape index (κ1) is 18.3. The van der Waals surface area contributed by atoms with Crippen molar-refractivity contribution in [2.24, 2.45) is 11.7 Å². The van der Waals surface area contributed by atoms with Crippen LogP contribution in [0.2, 0.25) is 0 Å². The number of nitrogens with one attached hydrogen (secondary N) is 1. The largest absolute Gasteiger partial charge is 0.462 e. The van der Waals surface area contributed by atoms with E-state index in [2.05, 4.69) is 4.72 Å². The summed E-state index contributed by atoms with van der Waals surface area (Å²) in [6.07, 6.45) is 0.527. The van der Waals surface area contributed by atoms with Gasteiger partial charge in [-0.05, 0) is 12.8 Å². The van der Waals surface area contributed by atoms with Gasteiger partial charge < -0.3 is 15.2 Å². The van der Waals surface area contributed by atoms with Gasteiger partial charge in [-0.3, -0.25) is 4.79 Å². The molecule has 0 aromatic heterocycles. The number of hydrogen-bond donors (Lipinski definition) is 2. The minimum atomic E-state index is -3.30. The molecule has 2 atom stereocenters. The van der Waals surface area contributed by atoms with Crippen LogP contribution in [0.4, 0.5) is 0 Å². The van der Waals surface area contributed by atoms with Crippen molar-refractivity contribution in [3.05, 3.63) is 0 Å². The van der Waals surface area contributed by atoms with Crippen LogP contribution >= 0.6 is 0 Å². The van der Waals surface area contributed by atoms with E-state index in [0.29, 0.717) is 6.61 Å². The van der Waals surface area contributed by atoms with E-state index >= 15 is 0 Å². The van der Waals surface area contributed by atoms with Crippen LogP contribution < -0.4 is 10.5 Å². The van der Waals surface area contributed by atoms with Crippen LogP contribution in [-0.2, 0) is 24.3 Å². The molecule has 0 unspecified atom stereocenters. The Labute approximate surface area is 114 Å². The second kappa shape index (κ2) is 8.47. The van der Waals surface area contributed by atoms with Gasteiger partial charge in [0.25, 0.3) is 0 Å². The molecule has 0 spiro atoms. The Hall–Kier alpha value is -0.700. The minimum absolute atomic E-state index is 0.0211. The Bertz CT molecular complexity index is 369. The molecule has 7 nitrogen and oxygen atoms in total. The fraction of sp³-hybridized carbons (Fsp3) is 0.909. The number of ether oxygens (including phenoxy) is 2. The van der Waals surface area contributed by atoms with E-state index in [4.69, 9.17) is 15.2 Å². The fourth-order valence-electron chi connectivity index (χ4n) is 1.19. The summed E-state index contributed by atoms with van der Waals surface area (Å²) in [7, 11) is -3.30. The first-order valence-corrected chi connectivity index (χ1v) is 8.05. The van der Waals surface area contributed by atoms with Gasteiger partial charge in [0, 0.05) is 13.2 Å². The van der Waals surface area contributed by atoms with Gasteiger partial charge in [-0.1, -0.05) is 13.8 Å². The Morgan fingerprint density at radius 1 is 1.37 bits per heavy atom. The molecule has 19 heavy (non-hydrogen) atoms. The lowest BCUT2D eigenvalue weighted by atomic mass is 10.1. The van der Waals surface area contributed by atoms with Gasteiger partial charge in [0.1, 0.15) is 18.8 Å². The molecule has 0 saturated carbocycles. The molecule has 0 saturated heterocycles. The number of esters is 1. The average Bonchev–Trinajstić information content (AvgIpc) is 2.30. The van der Waals surface area contributed by atoms with E-state index in [1.165, 1.54) is 0 Å². The SMILES string of the molecule is CCO[C@@H](CNS(C)(=O)=O)COC(=O)[C@@H](N)C(C)C. The Balaban J connectivity index is 4.24. The highest BCUT2D eigenvalue weighted by atomic mass is 32.2. The molecule has 0 fully saturated rings. The van der Waals surface area contributed by atoms with Gasteiger partial charge in [-0.15, -0.1) is 0 Å². The zero-order chi connectivity index (χ0) is 15.1. The third kappa shape index (κ3) is 8.93. The van der Waals surface area contributed by atoms with Crippen LogP contribution in [0, 0.1) is 5.92 Å². The summed E-state index contributed by atoms with van der Waals surface area (Å²) < 4.78 is 34.6. The molecule has 0 aromatic rings. The predicted octanol–water partition coefficient (Wildman–Crippen LogP) is -0.533. The molecular weight excluding hydrogens is 272 g/mol. The van der Waals surface area contributed by atoms with E-state index in [1.54, 1.807) is 6.92 Å². The number of hydrogen-bond acceptors (Lipinski definition) is 6. The van der Waals surface area contributed by atoms with Gasteiger partial charge in [0.05, 0.1) is 6.26 Å². The van der Waals surface area contributed by atoms with Crippen molar-refractivity contribution in [1.82, 2.24) is 4.72 Å². The summed E-state index contributed by atoms with van der Waals surface area (Å²) in [4.78, 5) is 11.6. The fourth-order valence-corrected chi connectivity index (χ4v) is 1.68. The van der Waals surface area contributed by atoms with E-state index < -0.39 is 28.1 Å². The highest BCUT2D eigenvalue weighted by Crippen LogP contribution is 2.02. The standard InChI is InChI=1S/C11H24N2O5S/c1-5-17-9(6-13-19(4,15)16)7-18-11(14)10(12)8(2)3/h8-10,13H,5-7,12H2,1-4H3/t9-,10-/m0/s1. The number of sulfonamides is 1. The van der Waals surface area contributed by atoms with Crippen molar-refractivity contribution in [1.29, 1.82) is 0 Å². The van der Waals surface area contributed by atoms with Crippen molar-refractivity contribution >= 4 is 16.0 Å². The maximum absolute atomic E-state index is 11.6. The van der Waals surface area contributed by atoms with Crippen LogP contribution in [0.5, 0.6) is 0 Å². The lowest BCUT2D eigenvalue weighted by Gasteiger charge is -2.19. The molecule has 0 aliphatic heterocycles. The second-order valence-corrected chi connectivity index (χ2v) is 6.43. The van der Waals surface area contributed by atoms with Crippen molar-refractivity contribution in [2.45, 2.75) is 32.9 Å². The zero-order valence-electron chi connectivity index (χ0n) is 11.9. The molecule has 114 valence electrons. The van der Waals surface area contributed by atoms with Gasteiger partial charge >= 0.3 is 5.97 Å². The quantitative estimate of drug-likeness (QED) is 0.554. The molecule has 0 bridgehead atoms. The Morgan fingerprint density at radius 2 is 1.95 bits per heavy atom. The van der Waals surface area contributed by atoms with E-state index in [1.807, 2.05) is 13.8 Å². The molecule has 0 aromatic carbocycles. The normalized spacial score (nSPS) is 15.3. The molecule has 3 N–H and O–H groups in total. The molecule has 0 aliphatic carbocycles. The monoisotopic (exact) mass is 296 g/mol. The maximum Gasteiger partial charge on any atom is 0.323 e. The summed E-state index contributed by atoms with van der Waals surface area (Å²) in [6, 6.07) is -0.690. The number of nitrogens with two attached hydrogens (primary N) is 1. The molecule has 0 radical (unpaired) electrons. The molecule has 0 aliphatic rings. The highest BCUT2D eigenvalue weighted by molar-refractivity contribution is 7.88. The van der Waals surface area contributed by atoms with Gasteiger partial charge in [0.15, 0.2) is 0 Å². The van der Waals surface area contributed by atoms with E-state index in [0.717, 1.165) is 6.26 Å². The van der Waals surface area contributed by atoms with E-state index in [9.17, 15) is 13.2 Å². The summed E-state index contributed by atoms with van der Waals surface area (Å²) >= 11 is 0. The van der Waals surface area contributed by atoms with Crippen LogP contribution in [0.25, 0.3) is 0 Å². The van der Waals surface area contributed by atoms with Crippen molar-refractivity contribution < 1.29 is 22.7 Å². The smallest absolute Gasteiger partial charge is 0.323 e. The summed E-state index contributed by atoms with van der Waals surface area (Å²) in [5.74, 6) is -0.536. The van der Waals surface area contributed by atoms with Crippen LogP contribution in [-0.4, -0.2) is 52.5 Å². The number of carbonyl (C=O) groups excluding carboxylic acids is 1. The van der Waals surface area contributed by atoms with Crippen LogP contribution in [0.1, 0.15) is 20.8 Å². The van der Waals surface area contributed by atoms with E-state index in [-0.39, 0.29) is 19.1 Å². The highest BCUT2D eigenvalue weighted by Gasteiger charge is 2.21. The predicted molar refractivity (Wildman–Crippen MR) is 72.0 cm³/mol. The van der Waals surface area contributed by atoms with Crippen LogP contribution in [0.15, 0.2) is 0 Å². The lowest BCUT2D eigenvalue weighted by molar-refractivity contribution is -0.150. The molecule has 0 heterocycles. The molecule has 0 amide bonds. The van der Waals surface area contributed by atoms with Crippen molar-refractivity contribution in [2.75, 3.05) is 26.0 Å². The molecular formula is C11H24N2O5S. The second-order valence-electron chi connectivity index (χ2n) is 4.60. The maximum atomic E-state index is 11.6. The van der Waals surface area contributed by atoms with Gasteiger partial charge in [-0.2, -0.15) is 0 Å². The summed E-state index contributed by atoms with van der Waals surface area (Å²) in [6.45, 7) is 5.82. The number of carbonyl (C=O) groups is 1. The third-order valence-corrected chi connectivity index (χ3v) is 3.07. The Kier molecular flexibility index (Phi) is 8.15. The van der Waals surface area contributed by atoms with Gasteiger partial charge in [-0.25, -0.2) is 13.1 Å². The van der Waals surface area contributed by atoms with Crippen molar-refractivity contribution in [3.63, 3.8) is 0 Å². The Morgan fingerprint density at radius 3 is 2.37 bits per heavy atom. The first-order chi connectivity index (χ1) is 8.67. The molecule has 0 rings (SSSR count).